The SMILES string of the molecule is CCC(CCOO)CC(=O)O. The Morgan fingerprint density at radius 1 is 1.64 bits per heavy atom. The number of aliphatic carboxylic acids is 1. The summed E-state index contributed by atoms with van der Waals surface area (Å²) in [5.41, 5.74) is 0. The summed E-state index contributed by atoms with van der Waals surface area (Å²) in [6.45, 7) is 2.14. The molecule has 0 spiro atoms. The number of carboxylic acids is 1. The maximum absolute atomic E-state index is 10.2. The molecule has 0 radical (unpaired) electrons. The summed E-state index contributed by atoms with van der Waals surface area (Å²) in [6.07, 6.45) is 1.55. The first-order valence-corrected chi connectivity index (χ1v) is 3.68. The Kier molecular flexibility index (Phi) is 5.78. The van der Waals surface area contributed by atoms with E-state index in [1.165, 1.54) is 0 Å². The molecule has 0 aromatic carbocycles. The van der Waals surface area contributed by atoms with Crippen molar-refractivity contribution in [3.63, 3.8) is 0 Å². The molecule has 0 heterocycles. The van der Waals surface area contributed by atoms with Crippen molar-refractivity contribution in [1.29, 1.82) is 0 Å². The molecule has 2 N–H and O–H groups in total. The fraction of sp³-hybridized carbons (Fsp3) is 0.857. The van der Waals surface area contributed by atoms with Crippen LogP contribution in [0.1, 0.15) is 26.2 Å². The van der Waals surface area contributed by atoms with Crippen molar-refractivity contribution in [3.05, 3.63) is 0 Å². The minimum absolute atomic E-state index is 0.111. The van der Waals surface area contributed by atoms with Gasteiger partial charge in [0, 0.05) is 6.42 Å². The van der Waals surface area contributed by atoms with Gasteiger partial charge in [-0.2, -0.15) is 0 Å². The number of hydrogen-bond acceptors (Lipinski definition) is 3. The second-order valence-corrected chi connectivity index (χ2v) is 2.49. The van der Waals surface area contributed by atoms with Crippen molar-refractivity contribution in [3.8, 4) is 0 Å². The molecule has 0 aliphatic heterocycles. The highest BCUT2D eigenvalue weighted by Crippen LogP contribution is 2.12. The summed E-state index contributed by atoms with van der Waals surface area (Å²) in [5.74, 6) is -0.686. The fourth-order valence-corrected chi connectivity index (χ4v) is 0.917. The van der Waals surface area contributed by atoms with E-state index in [0.717, 1.165) is 6.42 Å². The van der Waals surface area contributed by atoms with Crippen molar-refractivity contribution < 1.29 is 20.0 Å². The van der Waals surface area contributed by atoms with Crippen LogP contribution in [0.3, 0.4) is 0 Å². The summed E-state index contributed by atoms with van der Waals surface area (Å²) in [7, 11) is 0. The quantitative estimate of drug-likeness (QED) is 0.457. The second kappa shape index (κ2) is 6.12. The lowest BCUT2D eigenvalue weighted by Gasteiger charge is -2.09. The van der Waals surface area contributed by atoms with E-state index in [4.69, 9.17) is 10.4 Å². The van der Waals surface area contributed by atoms with Gasteiger partial charge in [0.25, 0.3) is 0 Å². The third-order valence-electron chi connectivity index (χ3n) is 1.66. The van der Waals surface area contributed by atoms with Gasteiger partial charge in [0.05, 0.1) is 6.61 Å². The van der Waals surface area contributed by atoms with Crippen molar-refractivity contribution in [2.24, 2.45) is 5.92 Å². The van der Waals surface area contributed by atoms with E-state index in [1.54, 1.807) is 0 Å². The van der Waals surface area contributed by atoms with Crippen LogP contribution in [0.25, 0.3) is 0 Å². The van der Waals surface area contributed by atoms with Gasteiger partial charge in [-0.05, 0) is 12.3 Å². The molecule has 11 heavy (non-hydrogen) atoms. The molecule has 0 bridgehead atoms. The molecule has 4 heteroatoms. The molecule has 0 aromatic rings. The zero-order valence-corrected chi connectivity index (χ0v) is 6.62. The molecule has 1 unspecified atom stereocenters. The Labute approximate surface area is 65.7 Å². The highest BCUT2D eigenvalue weighted by atomic mass is 17.1. The van der Waals surface area contributed by atoms with Gasteiger partial charge in [-0.1, -0.05) is 13.3 Å². The van der Waals surface area contributed by atoms with Gasteiger partial charge in [-0.25, -0.2) is 4.89 Å². The summed E-state index contributed by atoms with van der Waals surface area (Å²) >= 11 is 0. The van der Waals surface area contributed by atoms with Crippen molar-refractivity contribution in [2.75, 3.05) is 6.61 Å². The Morgan fingerprint density at radius 3 is 2.64 bits per heavy atom. The average Bonchev–Trinajstić information content (AvgIpc) is 1.97. The summed E-state index contributed by atoms with van der Waals surface area (Å²) < 4.78 is 0. The monoisotopic (exact) mass is 162 g/mol. The lowest BCUT2D eigenvalue weighted by Crippen LogP contribution is -2.09. The first-order valence-electron chi connectivity index (χ1n) is 3.68. The van der Waals surface area contributed by atoms with Crippen LogP contribution in [-0.4, -0.2) is 22.9 Å². The van der Waals surface area contributed by atoms with Gasteiger partial charge >= 0.3 is 5.97 Å². The predicted molar refractivity (Wildman–Crippen MR) is 39.2 cm³/mol. The van der Waals surface area contributed by atoms with Crippen LogP contribution in [0.15, 0.2) is 0 Å². The minimum atomic E-state index is -0.796. The maximum atomic E-state index is 10.2. The van der Waals surface area contributed by atoms with Crippen LogP contribution in [0.4, 0.5) is 0 Å². The molecule has 0 saturated carbocycles. The lowest BCUT2D eigenvalue weighted by atomic mass is 9.99. The molecule has 1 atom stereocenters. The Balaban J connectivity index is 3.49. The number of carbonyl (C=O) groups is 1. The second-order valence-electron chi connectivity index (χ2n) is 2.49. The van der Waals surface area contributed by atoms with Crippen LogP contribution in [-0.2, 0) is 9.68 Å². The molecule has 0 aliphatic rings. The van der Waals surface area contributed by atoms with Crippen LogP contribution in [0, 0.1) is 5.92 Å². The molecule has 0 rings (SSSR count). The molecule has 0 aromatic heterocycles. The first kappa shape index (κ1) is 10.4. The number of carboxylic acid groups (broad SMARTS) is 1. The largest absolute Gasteiger partial charge is 0.481 e. The molecular formula is C7H14O4. The Hall–Kier alpha value is -0.610. The summed E-state index contributed by atoms with van der Waals surface area (Å²) in [5, 5.41) is 16.4. The molecule has 0 aliphatic carbocycles. The van der Waals surface area contributed by atoms with Gasteiger partial charge < -0.3 is 5.11 Å². The Morgan fingerprint density at radius 2 is 2.27 bits per heavy atom. The normalized spacial score (nSPS) is 12.9. The van der Waals surface area contributed by atoms with Gasteiger partial charge in [-0.15, -0.1) is 0 Å². The van der Waals surface area contributed by atoms with Gasteiger partial charge in [0.2, 0.25) is 0 Å². The highest BCUT2D eigenvalue weighted by Gasteiger charge is 2.10. The third-order valence-corrected chi connectivity index (χ3v) is 1.66. The van der Waals surface area contributed by atoms with Gasteiger partial charge in [0.1, 0.15) is 0 Å². The zero-order chi connectivity index (χ0) is 8.69. The molecule has 0 amide bonds. The molecular weight excluding hydrogens is 148 g/mol. The summed E-state index contributed by atoms with van der Waals surface area (Å²) in [4.78, 5) is 14.1. The number of hydrogen-bond donors (Lipinski definition) is 2. The van der Waals surface area contributed by atoms with Gasteiger partial charge in [0.15, 0.2) is 0 Å². The van der Waals surface area contributed by atoms with E-state index in [2.05, 4.69) is 4.89 Å². The topological polar surface area (TPSA) is 66.8 Å². The van der Waals surface area contributed by atoms with Crippen LogP contribution >= 0.6 is 0 Å². The van der Waals surface area contributed by atoms with Crippen molar-refractivity contribution in [1.82, 2.24) is 0 Å². The third kappa shape index (κ3) is 5.82. The van der Waals surface area contributed by atoms with E-state index < -0.39 is 5.97 Å². The molecule has 0 saturated heterocycles. The zero-order valence-electron chi connectivity index (χ0n) is 6.62. The van der Waals surface area contributed by atoms with E-state index in [-0.39, 0.29) is 18.9 Å². The van der Waals surface area contributed by atoms with E-state index in [1.807, 2.05) is 6.92 Å². The smallest absolute Gasteiger partial charge is 0.303 e. The fourth-order valence-electron chi connectivity index (χ4n) is 0.917. The number of rotatable bonds is 6. The molecule has 66 valence electrons. The Bertz CT molecular complexity index is 113. The van der Waals surface area contributed by atoms with Gasteiger partial charge in [-0.3, -0.25) is 10.1 Å². The molecule has 0 fully saturated rings. The van der Waals surface area contributed by atoms with Crippen molar-refractivity contribution >= 4 is 5.97 Å². The van der Waals surface area contributed by atoms with E-state index in [0.29, 0.717) is 6.42 Å². The lowest BCUT2D eigenvalue weighted by molar-refractivity contribution is -0.244. The van der Waals surface area contributed by atoms with E-state index in [9.17, 15) is 4.79 Å². The highest BCUT2D eigenvalue weighted by molar-refractivity contribution is 5.66. The van der Waals surface area contributed by atoms with Crippen molar-refractivity contribution in [2.45, 2.75) is 26.2 Å². The minimum Gasteiger partial charge on any atom is -0.481 e. The van der Waals surface area contributed by atoms with Crippen LogP contribution in [0.2, 0.25) is 0 Å². The standard InChI is InChI=1S/C7H14O4/c1-2-6(3-4-11-10)5-7(8)9/h6,10H,2-5H2,1H3,(H,8,9). The summed E-state index contributed by atoms with van der Waals surface area (Å²) in [6, 6.07) is 0. The predicted octanol–water partition coefficient (Wildman–Crippen LogP) is 1.37. The van der Waals surface area contributed by atoms with Crippen LogP contribution < -0.4 is 0 Å². The first-order chi connectivity index (χ1) is 5.20. The molecule has 4 nitrogen and oxygen atoms in total. The average molecular weight is 162 g/mol. The maximum Gasteiger partial charge on any atom is 0.303 e. The van der Waals surface area contributed by atoms with E-state index >= 15 is 0 Å². The van der Waals surface area contributed by atoms with Crippen LogP contribution in [0.5, 0.6) is 0 Å².